The molecule has 0 aromatic carbocycles. The largest absolute Gasteiger partial charge is 0.379 e. The molecule has 2 saturated heterocycles. The van der Waals surface area contributed by atoms with Crippen molar-refractivity contribution >= 4 is 27.7 Å². The second kappa shape index (κ2) is 11.2. The number of thioether (sulfide) groups is 1. The molecule has 0 aromatic heterocycles. The first-order chi connectivity index (χ1) is 14.1. The van der Waals surface area contributed by atoms with Gasteiger partial charge in [0.25, 0.3) is 0 Å². The topological polar surface area (TPSA) is 86.3 Å². The van der Waals surface area contributed by atoms with Crippen molar-refractivity contribution in [2.45, 2.75) is 37.6 Å². The van der Waals surface area contributed by atoms with Crippen LogP contribution in [0.25, 0.3) is 0 Å². The van der Waals surface area contributed by atoms with Crippen molar-refractivity contribution in [3.8, 4) is 0 Å². The Hall–Kier alpha value is -0.550. The van der Waals surface area contributed by atoms with Gasteiger partial charge in [-0.05, 0) is 12.8 Å². The van der Waals surface area contributed by atoms with Crippen LogP contribution in [0.1, 0.15) is 32.1 Å². The molecule has 3 fully saturated rings. The van der Waals surface area contributed by atoms with Crippen LogP contribution in [-0.4, -0.2) is 106 Å². The number of morpholine rings is 1. The zero-order chi connectivity index (χ0) is 20.6. The summed E-state index contributed by atoms with van der Waals surface area (Å²) in [5.41, 5.74) is 0.150. The van der Waals surface area contributed by atoms with Crippen LogP contribution in [0, 0.1) is 0 Å². The standard InChI is InChI=1S/C19H37N5O3S2/c1-20-18(21-7-16-29(25,26)24-10-14-28-15-11-24)22-17-19(5-3-2-4-6-19)23-8-12-27-13-9-23/h2-17H2,1H3,(H2,20,21,22). The van der Waals surface area contributed by atoms with E-state index in [9.17, 15) is 8.42 Å². The fourth-order valence-corrected chi connectivity index (χ4v) is 7.06. The number of nitrogens with zero attached hydrogens (tertiary/aromatic N) is 3. The summed E-state index contributed by atoms with van der Waals surface area (Å²) in [6.07, 6.45) is 6.22. The minimum atomic E-state index is -3.20. The van der Waals surface area contributed by atoms with Gasteiger partial charge in [-0.1, -0.05) is 19.3 Å². The Morgan fingerprint density at radius 1 is 1.07 bits per heavy atom. The molecule has 0 atom stereocenters. The molecule has 8 nitrogen and oxygen atoms in total. The summed E-state index contributed by atoms with van der Waals surface area (Å²) < 4.78 is 32.2. The number of guanidine groups is 1. The van der Waals surface area contributed by atoms with E-state index in [0.717, 1.165) is 44.4 Å². The highest BCUT2D eigenvalue weighted by Gasteiger charge is 2.38. The minimum Gasteiger partial charge on any atom is -0.379 e. The van der Waals surface area contributed by atoms with E-state index in [2.05, 4.69) is 20.5 Å². The van der Waals surface area contributed by atoms with E-state index in [-0.39, 0.29) is 11.3 Å². The Kier molecular flexibility index (Phi) is 8.91. The predicted molar refractivity (Wildman–Crippen MR) is 120 cm³/mol. The number of rotatable bonds is 7. The molecule has 2 heterocycles. The molecular formula is C19H37N5O3S2. The molecular weight excluding hydrogens is 410 g/mol. The lowest BCUT2D eigenvalue weighted by molar-refractivity contribution is -0.0352. The smallest absolute Gasteiger partial charge is 0.215 e. The lowest BCUT2D eigenvalue weighted by Crippen LogP contribution is -2.60. The van der Waals surface area contributed by atoms with Gasteiger partial charge in [0.2, 0.25) is 10.0 Å². The summed E-state index contributed by atoms with van der Waals surface area (Å²) >= 11 is 1.82. The molecule has 168 valence electrons. The van der Waals surface area contributed by atoms with Gasteiger partial charge in [-0.3, -0.25) is 9.89 Å². The molecule has 0 aromatic rings. The molecule has 0 unspecified atom stereocenters. The SMILES string of the molecule is CN=C(NCCS(=O)(=O)N1CCSCC1)NCC1(N2CCOCC2)CCCCC1. The average molecular weight is 448 g/mol. The number of sulfonamides is 1. The molecule has 3 rings (SSSR count). The Morgan fingerprint density at radius 2 is 1.76 bits per heavy atom. The molecule has 10 heteroatoms. The zero-order valence-corrected chi connectivity index (χ0v) is 19.3. The molecule has 0 amide bonds. The molecule has 29 heavy (non-hydrogen) atoms. The molecule has 0 bridgehead atoms. The summed E-state index contributed by atoms with van der Waals surface area (Å²) in [6, 6.07) is 0. The lowest BCUT2D eigenvalue weighted by Gasteiger charge is -2.48. The maximum Gasteiger partial charge on any atom is 0.215 e. The van der Waals surface area contributed by atoms with Crippen LogP contribution < -0.4 is 10.6 Å². The van der Waals surface area contributed by atoms with Crippen molar-refractivity contribution in [3.63, 3.8) is 0 Å². The van der Waals surface area contributed by atoms with Crippen LogP contribution in [0.3, 0.4) is 0 Å². The maximum absolute atomic E-state index is 12.5. The summed E-state index contributed by atoms with van der Waals surface area (Å²) in [6.45, 7) is 6.05. The second-order valence-corrected chi connectivity index (χ2v) is 11.4. The molecule has 3 aliphatic rings. The van der Waals surface area contributed by atoms with Crippen LogP contribution >= 0.6 is 11.8 Å². The predicted octanol–water partition coefficient (Wildman–Crippen LogP) is 0.565. The van der Waals surface area contributed by atoms with E-state index in [1.54, 1.807) is 11.4 Å². The van der Waals surface area contributed by atoms with Crippen molar-refractivity contribution in [1.82, 2.24) is 19.8 Å². The number of ether oxygens (including phenoxy) is 1. The van der Waals surface area contributed by atoms with Gasteiger partial charge in [0.1, 0.15) is 0 Å². The highest BCUT2D eigenvalue weighted by atomic mass is 32.2. The van der Waals surface area contributed by atoms with Gasteiger partial charge in [-0.15, -0.1) is 0 Å². The third kappa shape index (κ3) is 6.46. The number of aliphatic imine (C=N–C) groups is 1. The fraction of sp³-hybridized carbons (Fsp3) is 0.947. The van der Waals surface area contributed by atoms with Crippen molar-refractivity contribution in [3.05, 3.63) is 0 Å². The first-order valence-corrected chi connectivity index (χ1v) is 13.7. The molecule has 1 saturated carbocycles. The normalized spacial score (nSPS) is 24.9. The monoisotopic (exact) mass is 447 g/mol. The summed E-state index contributed by atoms with van der Waals surface area (Å²) in [7, 11) is -1.46. The molecule has 1 aliphatic carbocycles. The van der Waals surface area contributed by atoms with Gasteiger partial charge < -0.3 is 15.4 Å². The van der Waals surface area contributed by atoms with Gasteiger partial charge in [-0.2, -0.15) is 11.8 Å². The maximum atomic E-state index is 12.5. The van der Waals surface area contributed by atoms with Gasteiger partial charge in [0.05, 0.1) is 19.0 Å². The quantitative estimate of drug-likeness (QED) is 0.436. The van der Waals surface area contributed by atoms with Crippen LogP contribution in [0.4, 0.5) is 0 Å². The van der Waals surface area contributed by atoms with E-state index in [0.29, 0.717) is 25.6 Å². The van der Waals surface area contributed by atoms with Crippen molar-refractivity contribution in [2.24, 2.45) is 4.99 Å². The first kappa shape index (κ1) is 23.1. The van der Waals surface area contributed by atoms with Crippen molar-refractivity contribution < 1.29 is 13.2 Å². The van der Waals surface area contributed by atoms with E-state index in [1.807, 2.05) is 11.8 Å². The number of hydrogen-bond donors (Lipinski definition) is 2. The Morgan fingerprint density at radius 3 is 2.41 bits per heavy atom. The van der Waals surface area contributed by atoms with E-state index in [1.165, 1.54) is 32.1 Å². The van der Waals surface area contributed by atoms with Crippen molar-refractivity contribution in [2.75, 3.05) is 76.8 Å². The van der Waals surface area contributed by atoms with Crippen LogP contribution in [0.5, 0.6) is 0 Å². The molecule has 0 radical (unpaired) electrons. The second-order valence-electron chi connectivity index (χ2n) is 8.06. The highest BCUT2D eigenvalue weighted by Crippen LogP contribution is 2.33. The average Bonchev–Trinajstić information content (AvgIpc) is 2.78. The molecule has 2 aliphatic heterocycles. The van der Waals surface area contributed by atoms with Gasteiger partial charge >= 0.3 is 0 Å². The summed E-state index contributed by atoms with van der Waals surface area (Å²) in [5.74, 6) is 2.57. The van der Waals surface area contributed by atoms with E-state index in [4.69, 9.17) is 4.74 Å². The molecule has 2 N–H and O–H groups in total. The third-order valence-corrected chi connectivity index (χ3v) is 9.11. The summed E-state index contributed by atoms with van der Waals surface area (Å²) in [4.78, 5) is 6.91. The van der Waals surface area contributed by atoms with Crippen LogP contribution in [0.2, 0.25) is 0 Å². The highest BCUT2D eigenvalue weighted by molar-refractivity contribution is 7.99. The van der Waals surface area contributed by atoms with Crippen LogP contribution in [-0.2, 0) is 14.8 Å². The van der Waals surface area contributed by atoms with Crippen LogP contribution in [0.15, 0.2) is 4.99 Å². The number of nitrogens with one attached hydrogen (secondary N) is 2. The van der Waals surface area contributed by atoms with Gasteiger partial charge in [0.15, 0.2) is 5.96 Å². The fourth-order valence-electron chi connectivity index (χ4n) is 4.57. The third-order valence-electron chi connectivity index (χ3n) is 6.29. The Labute approximate surface area is 180 Å². The first-order valence-electron chi connectivity index (χ1n) is 10.9. The zero-order valence-electron chi connectivity index (χ0n) is 17.7. The van der Waals surface area contributed by atoms with Crippen molar-refractivity contribution in [1.29, 1.82) is 0 Å². The van der Waals surface area contributed by atoms with E-state index < -0.39 is 10.0 Å². The van der Waals surface area contributed by atoms with Gasteiger partial charge in [0, 0.05) is 63.4 Å². The van der Waals surface area contributed by atoms with E-state index >= 15 is 0 Å². The Bertz CT molecular complexity index is 626. The Balaban J connectivity index is 1.49. The lowest BCUT2D eigenvalue weighted by atomic mass is 9.80. The number of hydrogen-bond acceptors (Lipinski definition) is 6. The summed E-state index contributed by atoms with van der Waals surface area (Å²) in [5, 5.41) is 6.70. The van der Waals surface area contributed by atoms with Gasteiger partial charge in [-0.25, -0.2) is 12.7 Å². The molecule has 0 spiro atoms. The minimum absolute atomic E-state index is 0.104.